The second-order valence-corrected chi connectivity index (χ2v) is 11.3. The van der Waals surface area contributed by atoms with Gasteiger partial charge in [0.15, 0.2) is 0 Å². The quantitative estimate of drug-likeness (QED) is 0.534. The number of hydrogen-bond acceptors (Lipinski definition) is 1. The Bertz CT molecular complexity index is 925. The van der Waals surface area contributed by atoms with Gasteiger partial charge >= 0.3 is 0 Å². The highest BCUT2D eigenvalue weighted by Crippen LogP contribution is 2.53. The average molecular weight is 404 g/mol. The van der Waals surface area contributed by atoms with E-state index in [9.17, 15) is 0 Å². The van der Waals surface area contributed by atoms with Gasteiger partial charge in [0.2, 0.25) is 0 Å². The maximum absolute atomic E-state index is 3.65. The highest BCUT2D eigenvalue weighted by molar-refractivity contribution is 5.84. The summed E-state index contributed by atoms with van der Waals surface area (Å²) in [6.07, 6.45) is 11.4. The summed E-state index contributed by atoms with van der Waals surface area (Å²) in [5.41, 5.74) is 8.89. The molecule has 0 heterocycles. The Hall–Kier alpha value is -2.02. The lowest BCUT2D eigenvalue weighted by Gasteiger charge is -2.37. The van der Waals surface area contributed by atoms with Crippen molar-refractivity contribution in [1.82, 2.24) is 5.32 Å². The minimum absolute atomic E-state index is 0.0203. The molecule has 30 heavy (non-hydrogen) atoms. The molecule has 0 fully saturated rings. The van der Waals surface area contributed by atoms with E-state index in [0.29, 0.717) is 5.92 Å². The summed E-state index contributed by atoms with van der Waals surface area (Å²) in [6.45, 7) is 21.1. The lowest BCUT2D eigenvalue weighted by atomic mass is 9.69. The zero-order valence-electron chi connectivity index (χ0n) is 20.6. The largest absolute Gasteiger partial charge is 0.362 e. The fourth-order valence-electron chi connectivity index (χ4n) is 4.94. The summed E-state index contributed by atoms with van der Waals surface area (Å²) in [6, 6.07) is 9.04. The van der Waals surface area contributed by atoms with Crippen molar-refractivity contribution in [3.8, 4) is 0 Å². The van der Waals surface area contributed by atoms with Crippen molar-refractivity contribution in [3.63, 3.8) is 0 Å². The fraction of sp³-hybridized carbons (Fsp3) is 0.517. The predicted octanol–water partition coefficient (Wildman–Crippen LogP) is 8.17. The number of nitrogens with one attached hydrogen (secondary N) is 1. The third-order valence-corrected chi connectivity index (χ3v) is 7.41. The summed E-state index contributed by atoms with van der Waals surface area (Å²) in [5, 5.41) is 3.65. The number of benzene rings is 1. The van der Waals surface area contributed by atoms with Gasteiger partial charge in [-0.2, -0.15) is 0 Å². The van der Waals surface area contributed by atoms with Crippen molar-refractivity contribution < 1.29 is 0 Å². The van der Waals surface area contributed by atoms with Gasteiger partial charge in [-0.15, -0.1) is 0 Å². The molecule has 0 bridgehead atoms. The normalized spacial score (nSPS) is 25.0. The SMILES string of the molecule is C/C=C\N/C1=C\C(C(C)(C)C)=C/C(C(C)(C)CC)CC2=C1C(C)(C)c1ccccc12. The van der Waals surface area contributed by atoms with Gasteiger partial charge in [-0.25, -0.2) is 0 Å². The Balaban J connectivity index is 2.33. The third-order valence-electron chi connectivity index (χ3n) is 7.41. The van der Waals surface area contributed by atoms with Crippen LogP contribution in [0, 0.1) is 16.7 Å². The van der Waals surface area contributed by atoms with Crippen LogP contribution >= 0.6 is 0 Å². The van der Waals surface area contributed by atoms with Crippen LogP contribution in [0.3, 0.4) is 0 Å². The first kappa shape index (κ1) is 22.7. The first-order valence-corrected chi connectivity index (χ1v) is 11.6. The highest BCUT2D eigenvalue weighted by Gasteiger charge is 2.42. The lowest BCUT2D eigenvalue weighted by molar-refractivity contribution is 0.249. The van der Waals surface area contributed by atoms with E-state index in [2.05, 4.69) is 116 Å². The van der Waals surface area contributed by atoms with Crippen LogP contribution in [0.15, 0.2) is 65.5 Å². The van der Waals surface area contributed by atoms with Gasteiger partial charge in [-0.3, -0.25) is 0 Å². The molecule has 0 amide bonds. The molecule has 1 aromatic rings. The molecule has 162 valence electrons. The van der Waals surface area contributed by atoms with Crippen molar-refractivity contribution in [2.75, 3.05) is 0 Å². The highest BCUT2D eigenvalue weighted by atomic mass is 14.9. The summed E-state index contributed by atoms with van der Waals surface area (Å²) in [4.78, 5) is 0. The molecule has 1 unspecified atom stereocenters. The molecule has 2 aliphatic rings. The molecule has 2 aliphatic carbocycles. The van der Waals surface area contributed by atoms with Crippen LogP contribution in [0.2, 0.25) is 0 Å². The maximum Gasteiger partial charge on any atom is 0.0426 e. The van der Waals surface area contributed by atoms with Crippen molar-refractivity contribution in [1.29, 1.82) is 0 Å². The fourth-order valence-corrected chi connectivity index (χ4v) is 4.94. The van der Waals surface area contributed by atoms with Crippen LogP contribution in [-0.4, -0.2) is 0 Å². The van der Waals surface area contributed by atoms with E-state index in [1.807, 2.05) is 0 Å². The zero-order chi connectivity index (χ0) is 22.3. The number of hydrogen-bond donors (Lipinski definition) is 1. The van der Waals surface area contributed by atoms with Crippen LogP contribution < -0.4 is 5.32 Å². The summed E-state index contributed by atoms with van der Waals surface area (Å²) >= 11 is 0. The van der Waals surface area contributed by atoms with E-state index in [1.165, 1.54) is 40.0 Å². The first-order valence-electron chi connectivity index (χ1n) is 11.6. The Morgan fingerprint density at radius 1 is 1.10 bits per heavy atom. The van der Waals surface area contributed by atoms with Crippen molar-refractivity contribution in [2.24, 2.45) is 16.7 Å². The second kappa shape index (κ2) is 7.91. The predicted molar refractivity (Wildman–Crippen MR) is 132 cm³/mol. The van der Waals surface area contributed by atoms with Gasteiger partial charge in [0.05, 0.1) is 0 Å². The van der Waals surface area contributed by atoms with Gasteiger partial charge in [0.25, 0.3) is 0 Å². The standard InChI is InChI=1S/C29H41N/c1-10-16-30-25-19-20(27(3,4)5)17-21(28(6,7)11-2)18-23-22-14-12-13-15-24(22)29(8,9)26(23)25/h10,12-17,19,21,30H,11,18H2,1-9H3/b16-10-,20-17+,25-19-. The third kappa shape index (κ3) is 3.96. The van der Waals surface area contributed by atoms with Crippen LogP contribution in [-0.2, 0) is 5.41 Å². The Labute approximate surface area is 185 Å². The topological polar surface area (TPSA) is 12.0 Å². The van der Waals surface area contributed by atoms with E-state index in [4.69, 9.17) is 0 Å². The minimum atomic E-state index is -0.0203. The van der Waals surface area contributed by atoms with E-state index in [1.54, 1.807) is 0 Å². The van der Waals surface area contributed by atoms with E-state index in [0.717, 1.165) is 6.42 Å². The Morgan fingerprint density at radius 3 is 2.37 bits per heavy atom. The smallest absolute Gasteiger partial charge is 0.0426 e. The Morgan fingerprint density at radius 2 is 1.77 bits per heavy atom. The van der Waals surface area contributed by atoms with Crippen molar-refractivity contribution >= 4 is 5.57 Å². The second-order valence-electron chi connectivity index (χ2n) is 11.3. The molecule has 1 N–H and O–H groups in total. The number of fused-ring (bicyclic) bond motifs is 2. The first-order chi connectivity index (χ1) is 13.9. The molecular weight excluding hydrogens is 362 g/mol. The van der Waals surface area contributed by atoms with Crippen molar-refractivity contribution in [2.45, 2.75) is 80.6 Å². The van der Waals surface area contributed by atoms with Crippen molar-refractivity contribution in [3.05, 3.63) is 76.7 Å². The van der Waals surface area contributed by atoms with Gasteiger partial charge in [0.1, 0.15) is 0 Å². The van der Waals surface area contributed by atoms with Crippen LogP contribution in [0.5, 0.6) is 0 Å². The molecule has 0 aromatic heterocycles. The molecule has 1 heteroatoms. The molecule has 0 saturated carbocycles. The molecule has 0 saturated heterocycles. The average Bonchev–Trinajstić information content (AvgIpc) is 2.87. The van der Waals surface area contributed by atoms with Crippen LogP contribution in [0.1, 0.15) is 86.3 Å². The molecule has 0 aliphatic heterocycles. The van der Waals surface area contributed by atoms with Crippen LogP contribution in [0.25, 0.3) is 5.57 Å². The summed E-state index contributed by atoms with van der Waals surface area (Å²) in [7, 11) is 0. The van der Waals surface area contributed by atoms with Gasteiger partial charge in [0, 0.05) is 11.1 Å². The molecule has 0 spiro atoms. The molecular formula is C29H41N. The van der Waals surface area contributed by atoms with Gasteiger partial charge < -0.3 is 5.32 Å². The number of allylic oxidation sites excluding steroid dienone is 6. The summed E-state index contributed by atoms with van der Waals surface area (Å²) in [5.74, 6) is 0.503. The van der Waals surface area contributed by atoms with Crippen LogP contribution in [0.4, 0.5) is 0 Å². The molecule has 1 nitrogen and oxygen atoms in total. The van der Waals surface area contributed by atoms with Gasteiger partial charge in [-0.1, -0.05) is 98.2 Å². The summed E-state index contributed by atoms with van der Waals surface area (Å²) < 4.78 is 0. The lowest BCUT2D eigenvalue weighted by Crippen LogP contribution is -2.27. The van der Waals surface area contributed by atoms with E-state index in [-0.39, 0.29) is 16.2 Å². The van der Waals surface area contributed by atoms with E-state index < -0.39 is 0 Å². The molecule has 1 atom stereocenters. The minimum Gasteiger partial charge on any atom is -0.362 e. The molecule has 0 radical (unpaired) electrons. The number of rotatable bonds is 4. The van der Waals surface area contributed by atoms with E-state index >= 15 is 0 Å². The van der Waals surface area contributed by atoms with Gasteiger partial charge in [-0.05, 0) is 70.2 Å². The maximum atomic E-state index is 3.65. The molecule has 3 rings (SSSR count). The monoisotopic (exact) mass is 403 g/mol. The zero-order valence-corrected chi connectivity index (χ0v) is 20.6. The Kier molecular flexibility index (Phi) is 5.98. The molecule has 1 aromatic carbocycles.